The fraction of sp³-hybridized carbons (Fsp3) is 0.100. The smallest absolute Gasteiger partial charge is 0.156 e. The predicted molar refractivity (Wildman–Crippen MR) is 96.9 cm³/mol. The maximum atomic E-state index is 5.64. The number of anilines is 2. The van der Waals surface area contributed by atoms with Gasteiger partial charge in [-0.25, -0.2) is 9.98 Å². The molecule has 2 heterocycles. The average molecular weight is 315 g/mol. The Morgan fingerprint density at radius 2 is 1.92 bits per heavy atom. The van der Waals surface area contributed by atoms with E-state index in [2.05, 4.69) is 22.4 Å². The second-order valence-electron chi connectivity index (χ2n) is 5.46. The lowest BCUT2D eigenvalue weighted by Crippen LogP contribution is -2.05. The quantitative estimate of drug-likeness (QED) is 0.596. The summed E-state index contributed by atoms with van der Waals surface area (Å²) in [5, 5.41) is 3.39. The summed E-state index contributed by atoms with van der Waals surface area (Å²) in [6.45, 7) is 2.62. The molecule has 0 amide bonds. The number of rotatable bonds is 3. The minimum absolute atomic E-state index is 0.640. The predicted octanol–water partition coefficient (Wildman–Crippen LogP) is 4.71. The number of hydrogen-bond donors (Lipinski definition) is 1. The van der Waals surface area contributed by atoms with Crippen molar-refractivity contribution in [3.05, 3.63) is 78.0 Å². The molecule has 1 N–H and O–H groups in total. The van der Waals surface area contributed by atoms with Crippen molar-refractivity contribution in [3.8, 4) is 5.75 Å². The highest BCUT2D eigenvalue weighted by Gasteiger charge is 2.18. The van der Waals surface area contributed by atoms with Crippen LogP contribution in [-0.2, 0) is 0 Å². The average Bonchev–Trinajstić information content (AvgIpc) is 2.79. The first-order chi connectivity index (χ1) is 11.8. The van der Waals surface area contributed by atoms with Crippen molar-refractivity contribution in [3.63, 3.8) is 0 Å². The Bertz CT molecular complexity index is 918. The second kappa shape index (κ2) is 6.16. The van der Waals surface area contributed by atoms with E-state index in [1.165, 1.54) is 0 Å². The number of pyridine rings is 1. The molecule has 24 heavy (non-hydrogen) atoms. The minimum atomic E-state index is 0.640. The number of aromatic nitrogens is 1. The van der Waals surface area contributed by atoms with Crippen molar-refractivity contribution in [1.82, 2.24) is 4.98 Å². The van der Waals surface area contributed by atoms with E-state index in [0.717, 1.165) is 39.8 Å². The molecule has 1 aromatic heterocycles. The Morgan fingerprint density at radius 3 is 2.83 bits per heavy atom. The van der Waals surface area contributed by atoms with Gasteiger partial charge in [0.05, 0.1) is 12.3 Å². The molecule has 0 saturated heterocycles. The number of aliphatic imine (C=N–C) groups is 1. The third kappa shape index (κ3) is 2.63. The van der Waals surface area contributed by atoms with E-state index < -0.39 is 0 Å². The molecule has 3 aromatic rings. The van der Waals surface area contributed by atoms with Crippen LogP contribution in [0.25, 0.3) is 0 Å². The van der Waals surface area contributed by atoms with Gasteiger partial charge < -0.3 is 10.1 Å². The van der Waals surface area contributed by atoms with Crippen LogP contribution in [0.15, 0.2) is 71.9 Å². The largest absolute Gasteiger partial charge is 0.494 e. The van der Waals surface area contributed by atoms with Crippen molar-refractivity contribution < 1.29 is 4.74 Å². The number of ether oxygens (including phenoxy) is 1. The van der Waals surface area contributed by atoms with Crippen molar-refractivity contribution in [2.75, 3.05) is 11.9 Å². The molecule has 4 nitrogen and oxygen atoms in total. The van der Waals surface area contributed by atoms with Crippen LogP contribution in [0.1, 0.15) is 18.1 Å². The molecule has 1 aliphatic heterocycles. The topological polar surface area (TPSA) is 46.5 Å². The molecule has 4 heteroatoms. The Balaban J connectivity index is 1.92. The summed E-state index contributed by atoms with van der Waals surface area (Å²) in [4.78, 5) is 9.30. The third-order valence-electron chi connectivity index (χ3n) is 3.87. The first kappa shape index (κ1) is 14.5. The number of nitrogens with zero attached hydrogens (tertiary/aromatic N) is 2. The number of fused-ring (bicyclic) bond motifs is 2. The normalized spacial score (nSPS) is 12.3. The van der Waals surface area contributed by atoms with Gasteiger partial charge in [-0.05, 0) is 37.3 Å². The third-order valence-corrected chi connectivity index (χ3v) is 3.87. The van der Waals surface area contributed by atoms with Crippen LogP contribution in [0.4, 0.5) is 17.2 Å². The van der Waals surface area contributed by atoms with Crippen LogP contribution in [-0.4, -0.2) is 17.3 Å². The van der Waals surface area contributed by atoms with Gasteiger partial charge in [0, 0.05) is 23.0 Å². The number of nitrogens with one attached hydrogen (secondary N) is 1. The highest BCUT2D eigenvalue weighted by molar-refractivity contribution is 6.18. The summed E-state index contributed by atoms with van der Waals surface area (Å²) < 4.78 is 5.64. The summed E-state index contributed by atoms with van der Waals surface area (Å²) in [5.74, 6) is 1.61. The lowest BCUT2D eigenvalue weighted by molar-refractivity contribution is 0.340. The van der Waals surface area contributed by atoms with Gasteiger partial charge in [0.15, 0.2) is 5.82 Å². The van der Waals surface area contributed by atoms with Gasteiger partial charge in [0.1, 0.15) is 11.4 Å². The van der Waals surface area contributed by atoms with Crippen molar-refractivity contribution in [1.29, 1.82) is 0 Å². The molecule has 2 aromatic carbocycles. The first-order valence-electron chi connectivity index (χ1n) is 7.98. The monoisotopic (exact) mass is 315 g/mol. The molecular formula is C20H17N3O. The van der Waals surface area contributed by atoms with Gasteiger partial charge in [-0.1, -0.05) is 30.3 Å². The zero-order chi connectivity index (χ0) is 16.4. The van der Waals surface area contributed by atoms with Crippen LogP contribution >= 0.6 is 0 Å². The maximum absolute atomic E-state index is 5.64. The van der Waals surface area contributed by atoms with Gasteiger partial charge in [-0.15, -0.1) is 0 Å². The molecule has 0 unspecified atom stereocenters. The zero-order valence-electron chi connectivity index (χ0n) is 13.4. The van der Waals surface area contributed by atoms with Gasteiger partial charge in [-0.2, -0.15) is 0 Å². The highest BCUT2D eigenvalue weighted by atomic mass is 16.5. The summed E-state index contributed by atoms with van der Waals surface area (Å²) in [5.41, 5.74) is 4.79. The molecule has 0 radical (unpaired) electrons. The van der Waals surface area contributed by atoms with Crippen LogP contribution in [0, 0.1) is 0 Å². The zero-order valence-corrected chi connectivity index (χ0v) is 13.4. The fourth-order valence-electron chi connectivity index (χ4n) is 2.81. The van der Waals surface area contributed by atoms with Crippen molar-refractivity contribution in [2.24, 2.45) is 4.99 Å². The standard InChI is InChI=1S/C20H17N3O/c1-2-24-15-8-5-7-14(13-15)19-16-9-3-4-10-17(16)23-20-18(22-19)11-6-12-21-20/h3-13H,2H2,1H3,(H,21,23). The minimum Gasteiger partial charge on any atom is -0.494 e. The Labute approximate surface area is 140 Å². The molecule has 118 valence electrons. The van der Waals surface area contributed by atoms with E-state index >= 15 is 0 Å². The Hall–Kier alpha value is -3.14. The van der Waals surface area contributed by atoms with E-state index in [0.29, 0.717) is 6.61 Å². The number of para-hydroxylation sites is 1. The number of benzene rings is 2. The van der Waals surface area contributed by atoms with Gasteiger partial charge in [0.2, 0.25) is 0 Å². The lowest BCUT2D eigenvalue weighted by atomic mass is 10.0. The molecule has 0 saturated carbocycles. The highest BCUT2D eigenvalue weighted by Crippen LogP contribution is 2.34. The van der Waals surface area contributed by atoms with Crippen LogP contribution in [0.5, 0.6) is 5.75 Å². The van der Waals surface area contributed by atoms with Crippen LogP contribution in [0.3, 0.4) is 0 Å². The van der Waals surface area contributed by atoms with Crippen molar-refractivity contribution >= 4 is 22.9 Å². The van der Waals surface area contributed by atoms with E-state index in [4.69, 9.17) is 9.73 Å². The molecular weight excluding hydrogens is 298 g/mol. The number of hydrogen-bond acceptors (Lipinski definition) is 4. The Morgan fingerprint density at radius 1 is 1.00 bits per heavy atom. The summed E-state index contributed by atoms with van der Waals surface area (Å²) >= 11 is 0. The summed E-state index contributed by atoms with van der Waals surface area (Å²) in [6, 6.07) is 20.0. The second-order valence-corrected chi connectivity index (χ2v) is 5.46. The molecule has 0 fully saturated rings. The maximum Gasteiger partial charge on any atom is 0.156 e. The summed E-state index contributed by atoms with van der Waals surface area (Å²) in [6.07, 6.45) is 1.77. The Kier molecular flexibility index (Phi) is 3.71. The SMILES string of the molecule is CCOc1cccc(C2=Nc3cccnc3Nc3ccccc32)c1. The first-order valence-corrected chi connectivity index (χ1v) is 7.98. The molecule has 4 rings (SSSR count). The van der Waals surface area contributed by atoms with E-state index in [1.807, 2.05) is 55.5 Å². The molecule has 0 spiro atoms. The van der Waals surface area contributed by atoms with Crippen LogP contribution < -0.4 is 10.1 Å². The summed E-state index contributed by atoms with van der Waals surface area (Å²) in [7, 11) is 0. The van der Waals surface area contributed by atoms with Gasteiger partial charge in [-0.3, -0.25) is 0 Å². The van der Waals surface area contributed by atoms with Gasteiger partial charge >= 0.3 is 0 Å². The van der Waals surface area contributed by atoms with E-state index in [9.17, 15) is 0 Å². The fourth-order valence-corrected chi connectivity index (χ4v) is 2.81. The van der Waals surface area contributed by atoms with E-state index in [1.54, 1.807) is 6.20 Å². The molecule has 0 aliphatic carbocycles. The molecule has 0 atom stereocenters. The van der Waals surface area contributed by atoms with Gasteiger partial charge in [0.25, 0.3) is 0 Å². The van der Waals surface area contributed by atoms with Crippen LogP contribution in [0.2, 0.25) is 0 Å². The van der Waals surface area contributed by atoms with Crippen molar-refractivity contribution in [2.45, 2.75) is 6.92 Å². The molecule has 1 aliphatic rings. The molecule has 0 bridgehead atoms. The lowest BCUT2D eigenvalue weighted by Gasteiger charge is -2.11. The van der Waals surface area contributed by atoms with E-state index in [-0.39, 0.29) is 0 Å².